The van der Waals surface area contributed by atoms with Crippen molar-refractivity contribution in [2.75, 3.05) is 47.8 Å². The Morgan fingerprint density at radius 2 is 0.926 bits per heavy atom. The molecule has 6 fully saturated rings. The van der Waals surface area contributed by atoms with E-state index in [2.05, 4.69) is 27.7 Å². The zero-order chi connectivity index (χ0) is 52.1. The number of hydrogen-bond donors (Lipinski definition) is 4. The minimum absolute atomic E-state index is 0.110. The van der Waals surface area contributed by atoms with Crippen LogP contribution in [0.4, 0.5) is 4.79 Å². The van der Waals surface area contributed by atoms with Crippen LogP contribution < -0.4 is 0 Å². The molecule has 4 N–H and O–H groups in total. The van der Waals surface area contributed by atoms with Crippen LogP contribution in [0.25, 0.3) is 0 Å². The Morgan fingerprint density at radius 3 is 1.53 bits per heavy atom. The summed E-state index contributed by atoms with van der Waals surface area (Å²) >= 11 is 0. The second-order valence-corrected chi connectivity index (χ2v) is 19.8. The Balaban J connectivity index is 1.27. The topological polar surface area (TPSA) is 246 Å². The number of hydrogen-bond acceptors (Lipinski definition) is 21. The van der Waals surface area contributed by atoms with Crippen LogP contribution in [0.15, 0.2) is 12.3 Å². The van der Waals surface area contributed by atoms with E-state index >= 15 is 0 Å². The zero-order valence-electron chi connectivity index (χ0n) is 45.2. The number of carbonyl (C=O) groups excluding carboxylic acids is 1. The van der Waals surface area contributed by atoms with Crippen molar-refractivity contribution in [1.82, 2.24) is 0 Å². The van der Waals surface area contributed by atoms with Crippen molar-refractivity contribution in [1.29, 1.82) is 5.72 Å². The minimum Gasteiger partial charge on any atom is -0.493 e. The van der Waals surface area contributed by atoms with Crippen LogP contribution in [0, 0.1) is 41.4 Å². The lowest BCUT2D eigenvalue weighted by Crippen LogP contribution is -2.67. The molecule has 0 saturated carbocycles. The normalized spacial score (nSPS) is 51.6. The van der Waals surface area contributed by atoms with Gasteiger partial charge in [-0.3, -0.25) is 0 Å². The third-order valence-electron chi connectivity index (χ3n) is 16.1. The van der Waals surface area contributed by atoms with Gasteiger partial charge in [-0.15, -0.1) is 0 Å². The van der Waals surface area contributed by atoms with Gasteiger partial charge < -0.3 is 96.2 Å². The van der Waals surface area contributed by atoms with Crippen molar-refractivity contribution in [3.63, 3.8) is 0 Å². The Hall–Kier alpha value is -1.87. The number of fused-ring (bicyclic) bond motifs is 1. The summed E-state index contributed by atoms with van der Waals surface area (Å²) in [5.74, 6) is -0.254. The van der Waals surface area contributed by atoms with Crippen molar-refractivity contribution in [3.8, 4) is 0 Å². The van der Waals surface area contributed by atoms with Crippen LogP contribution >= 0.6 is 0 Å². The molecule has 7 aliphatic heterocycles. The fraction of sp³-hybridized carbons (Fsp3) is 0.936. The molecular formula is C47H78O21. The van der Waals surface area contributed by atoms with Crippen LogP contribution in [0.5, 0.6) is 0 Å². The standard InChI is InChI=1S/C47H78O21/c1-19-21(3)26(8)57-42(23(19)5)64-36-31(17-50)59-44(65-38-35(54-11)30(16-49)60-45(40(38)55-12)63-34-28(53-10)13-14-56-29(34)15-48)25(7)33(36)62-46-41(39-37(32(18-51)61-46)67-47(52)68-39)66-43-24(6)20(2)22(4)27(9)58-43/h13-14,19-46,48-51H,15-18H2,1-12H3/t19?,20-,21-,22-,23?,24?,25?,26-,27?,28+,29?,30?,31?,32?,33+,34-,35-,36+,37-,38-,39-,40?,41?,42-,43-,44-,45-,46-/m0/s1/i48T,49T,50T,51T. The van der Waals surface area contributed by atoms with Crippen LogP contribution in [0.1, 0.15) is 62.3 Å². The molecule has 7 heterocycles. The van der Waals surface area contributed by atoms with Crippen molar-refractivity contribution in [2.24, 2.45) is 41.4 Å². The maximum absolute atomic E-state index is 13.0. The summed E-state index contributed by atoms with van der Waals surface area (Å²) in [6.07, 6.45) is -17.6. The third kappa shape index (κ3) is 10.8. The summed E-state index contributed by atoms with van der Waals surface area (Å²) in [5.41, 5.74) is 0. The van der Waals surface area contributed by atoms with E-state index in [9.17, 15) is 4.79 Å². The number of rotatable bonds is 21. The fourth-order valence-electron chi connectivity index (χ4n) is 10.7. The van der Waals surface area contributed by atoms with E-state index < -0.39 is 129 Å². The second kappa shape index (κ2) is 23.3. The van der Waals surface area contributed by atoms with E-state index in [1.54, 1.807) is 6.08 Å². The minimum atomic E-state index is -1.36. The first-order valence-corrected chi connectivity index (χ1v) is 24.2. The molecule has 0 amide bonds. The first kappa shape index (κ1) is 48.4. The van der Waals surface area contributed by atoms with Gasteiger partial charge in [0.1, 0.15) is 61.0 Å². The lowest BCUT2D eigenvalue weighted by atomic mass is 9.79. The first-order valence-electron chi connectivity index (χ1n) is 25.8. The van der Waals surface area contributed by atoms with Gasteiger partial charge in [0.05, 0.1) is 51.0 Å². The molecule has 0 radical (unpaired) electrons. The van der Waals surface area contributed by atoms with Gasteiger partial charge in [-0.2, -0.15) is 0 Å². The molecule has 7 aliphatic rings. The van der Waals surface area contributed by atoms with E-state index in [1.807, 2.05) is 34.6 Å². The van der Waals surface area contributed by atoms with Gasteiger partial charge in [0.15, 0.2) is 49.8 Å². The predicted octanol–water partition coefficient (Wildman–Crippen LogP) is 1.86. The van der Waals surface area contributed by atoms with E-state index in [1.165, 1.54) is 27.6 Å². The molecule has 0 aliphatic carbocycles. The second-order valence-electron chi connectivity index (χ2n) is 19.8. The quantitative estimate of drug-likeness (QED) is 0.120. The maximum Gasteiger partial charge on any atom is 0.509 e. The SMILES string of the molecule is [3H]OCC1O[C@@H](O[C@@H]2C(OC)[C@H](O[C@@H]3C(CO[3H])OC=C[C@H]3OC)OC(CO[3H])[C@@H]2OC)C(C)[C@@H](O[C@@H]2OC(CO[3H])[C@@H]3OC(=O)O[C@@H]3C2O[C@@H]2OC(C)[C@@H](C)[C@H](C)C2C)[C@@H]1O[C@@H]1O[C@@H](C)[C@@H](C)C(C)C1C. The molecule has 21 heteroatoms. The third-order valence-corrected chi connectivity index (χ3v) is 16.1. The van der Waals surface area contributed by atoms with Gasteiger partial charge in [-0.25, -0.2) is 4.79 Å². The van der Waals surface area contributed by atoms with E-state index in [0.29, 0.717) is 0 Å². The zero-order valence-corrected chi connectivity index (χ0v) is 41.2. The van der Waals surface area contributed by atoms with Gasteiger partial charge in [-0.1, -0.05) is 48.5 Å². The van der Waals surface area contributed by atoms with Crippen molar-refractivity contribution < 1.29 is 101 Å². The molecular weight excluding hydrogens is 900 g/mol. The largest absolute Gasteiger partial charge is 0.509 e. The molecule has 6 saturated heterocycles. The van der Waals surface area contributed by atoms with E-state index in [0.717, 1.165) is 0 Å². The summed E-state index contributed by atoms with van der Waals surface area (Å²) in [4.78, 5) is 13.0. The van der Waals surface area contributed by atoms with Crippen LogP contribution in [-0.4, -0.2) is 209 Å². The van der Waals surface area contributed by atoms with E-state index in [4.69, 9.17) is 102 Å². The number of aliphatic hydroxyl groups is 4. The fourth-order valence-corrected chi connectivity index (χ4v) is 10.7. The Morgan fingerprint density at radius 1 is 0.456 bits per heavy atom. The van der Waals surface area contributed by atoms with Crippen LogP contribution in [0.2, 0.25) is 0 Å². The number of methoxy groups -OCH3 is 3. The molecule has 392 valence electrons. The van der Waals surface area contributed by atoms with Gasteiger partial charge >= 0.3 is 6.16 Å². The van der Waals surface area contributed by atoms with Crippen LogP contribution in [-0.2, 0) is 75.8 Å². The molecule has 0 aromatic carbocycles. The monoisotopic (exact) mass is 987 g/mol. The predicted molar refractivity (Wildman–Crippen MR) is 233 cm³/mol. The molecule has 11 unspecified atom stereocenters. The molecule has 0 bridgehead atoms. The highest BCUT2D eigenvalue weighted by atomic mass is 16.8. The summed E-state index contributed by atoms with van der Waals surface area (Å²) in [5, 5.41) is 19.5. The van der Waals surface area contributed by atoms with Gasteiger partial charge in [-0.05, 0) is 43.6 Å². The summed E-state index contributed by atoms with van der Waals surface area (Å²) < 4.78 is 134. The molecule has 68 heavy (non-hydrogen) atoms. The average Bonchev–Trinajstić information content (AvgIpc) is 3.76. The molecule has 0 spiro atoms. The molecule has 0 aromatic rings. The highest BCUT2D eigenvalue weighted by Gasteiger charge is 2.60. The van der Waals surface area contributed by atoms with Crippen molar-refractivity contribution in [3.05, 3.63) is 12.3 Å². The smallest absolute Gasteiger partial charge is 0.493 e. The highest BCUT2D eigenvalue weighted by Crippen LogP contribution is 2.44. The summed E-state index contributed by atoms with van der Waals surface area (Å²) in [6.45, 7) is 17.3. The van der Waals surface area contributed by atoms with E-state index in [-0.39, 0.29) is 74.1 Å². The highest BCUT2D eigenvalue weighted by molar-refractivity contribution is 5.63. The first-order chi connectivity index (χ1) is 34.5. The average molecular weight is 987 g/mol. The lowest BCUT2D eigenvalue weighted by molar-refractivity contribution is -0.397. The molecule has 0 aromatic heterocycles. The maximum atomic E-state index is 13.0. The van der Waals surface area contributed by atoms with Crippen molar-refractivity contribution >= 4 is 6.16 Å². The van der Waals surface area contributed by atoms with Crippen LogP contribution in [0.3, 0.4) is 0 Å². The molecule has 21 nitrogen and oxygen atoms in total. The van der Waals surface area contributed by atoms with Gasteiger partial charge in [0, 0.05) is 39.1 Å². The molecule has 7 rings (SSSR count). The van der Waals surface area contributed by atoms with Crippen molar-refractivity contribution in [2.45, 2.75) is 191 Å². The Labute approximate surface area is 405 Å². The number of ether oxygens (including phenoxy) is 16. The summed E-state index contributed by atoms with van der Waals surface area (Å²) in [7, 11) is 4.39. The Bertz CT molecular complexity index is 1720. The number of carbonyl (C=O) groups is 1. The lowest BCUT2D eigenvalue weighted by Gasteiger charge is -2.52. The van der Waals surface area contributed by atoms with Gasteiger partial charge in [0.25, 0.3) is 0 Å². The van der Waals surface area contributed by atoms with Gasteiger partial charge in [0.2, 0.25) is 5.72 Å². The summed E-state index contributed by atoms with van der Waals surface area (Å²) in [6, 6.07) is 0. The Kier molecular flexibility index (Phi) is 16.6. The number of aliphatic hydroxyl groups excluding tert-OH is 4. The molecule has 28 atom stereocenters.